The molecule has 2 aromatic heterocycles. The Balaban J connectivity index is 0.00000225. The van der Waals surface area contributed by atoms with Gasteiger partial charge in [-0.3, -0.25) is 0 Å². The molecule has 0 fully saturated rings. The molecule has 0 atom stereocenters. The van der Waals surface area contributed by atoms with Crippen LogP contribution in [0.3, 0.4) is 0 Å². The van der Waals surface area contributed by atoms with Gasteiger partial charge in [-0.25, -0.2) is 9.97 Å². The van der Waals surface area contributed by atoms with Crippen LogP contribution in [0.1, 0.15) is 18.4 Å². The van der Waals surface area contributed by atoms with Crippen molar-refractivity contribution in [2.75, 3.05) is 0 Å². The molecule has 0 N–H and O–H groups in total. The molecule has 25 heavy (non-hydrogen) atoms. The molecule has 3 aromatic rings. The van der Waals surface area contributed by atoms with E-state index in [-0.39, 0.29) is 18.2 Å². The number of nitrogens with zero attached hydrogens (tertiary/aromatic N) is 4. The van der Waals surface area contributed by atoms with Gasteiger partial charge in [0.2, 0.25) is 0 Å². The topological polar surface area (TPSA) is 44.9 Å². The number of hydrogen-bond donors (Lipinski definition) is 0. The standard InChI is InChI=1S/C16H15F3N4O.ClH/c1-2-15-20-6-7-22(15)9-12-10-23(11-21-12)13-4-3-5-14(8-13)24-16(17,18)19;/h3-8,10-11H,2,9H2,1H3;1H. The third-order valence-electron chi connectivity index (χ3n) is 3.44. The lowest BCUT2D eigenvalue weighted by Crippen LogP contribution is -2.17. The second-order valence-corrected chi connectivity index (χ2v) is 5.14. The van der Waals surface area contributed by atoms with Crippen molar-refractivity contribution in [2.45, 2.75) is 26.3 Å². The highest BCUT2D eigenvalue weighted by Gasteiger charge is 2.31. The molecule has 0 unspecified atom stereocenters. The van der Waals surface area contributed by atoms with Crippen molar-refractivity contribution >= 4 is 12.4 Å². The van der Waals surface area contributed by atoms with Crippen LogP contribution in [-0.2, 0) is 13.0 Å². The van der Waals surface area contributed by atoms with Crippen LogP contribution < -0.4 is 4.74 Å². The molecule has 134 valence electrons. The van der Waals surface area contributed by atoms with Crippen molar-refractivity contribution in [2.24, 2.45) is 0 Å². The van der Waals surface area contributed by atoms with Gasteiger partial charge in [-0.2, -0.15) is 0 Å². The van der Waals surface area contributed by atoms with E-state index in [0.29, 0.717) is 12.2 Å². The van der Waals surface area contributed by atoms with Gasteiger partial charge in [0, 0.05) is 31.1 Å². The number of imidazole rings is 2. The summed E-state index contributed by atoms with van der Waals surface area (Å²) in [5.74, 6) is 0.684. The van der Waals surface area contributed by atoms with Gasteiger partial charge >= 0.3 is 6.36 Å². The number of halogens is 4. The van der Waals surface area contributed by atoms with Crippen LogP contribution in [0.5, 0.6) is 5.75 Å². The van der Waals surface area contributed by atoms with Crippen LogP contribution in [0, 0.1) is 0 Å². The molecule has 0 spiro atoms. The number of rotatable bonds is 5. The van der Waals surface area contributed by atoms with E-state index in [1.165, 1.54) is 18.2 Å². The third-order valence-corrected chi connectivity index (χ3v) is 3.44. The molecule has 0 saturated heterocycles. The number of aryl methyl sites for hydroxylation is 1. The van der Waals surface area contributed by atoms with Crippen molar-refractivity contribution in [1.29, 1.82) is 0 Å². The minimum absolute atomic E-state index is 0. The maximum Gasteiger partial charge on any atom is 0.573 e. The first-order valence-corrected chi connectivity index (χ1v) is 7.33. The third kappa shape index (κ3) is 4.76. The van der Waals surface area contributed by atoms with Gasteiger partial charge in [0.15, 0.2) is 0 Å². The summed E-state index contributed by atoms with van der Waals surface area (Å²) in [6, 6.07) is 5.76. The van der Waals surface area contributed by atoms with Gasteiger partial charge in [-0.1, -0.05) is 13.0 Å². The molecule has 0 radical (unpaired) electrons. The van der Waals surface area contributed by atoms with E-state index in [1.54, 1.807) is 29.4 Å². The molecular weight excluding hydrogens is 357 g/mol. The van der Waals surface area contributed by atoms with E-state index in [2.05, 4.69) is 14.7 Å². The lowest BCUT2D eigenvalue weighted by Gasteiger charge is -2.10. The van der Waals surface area contributed by atoms with E-state index in [1.807, 2.05) is 17.7 Å². The lowest BCUT2D eigenvalue weighted by molar-refractivity contribution is -0.274. The molecule has 5 nitrogen and oxygen atoms in total. The largest absolute Gasteiger partial charge is 0.573 e. The molecule has 2 heterocycles. The zero-order valence-corrected chi connectivity index (χ0v) is 14.1. The first-order chi connectivity index (χ1) is 11.4. The minimum atomic E-state index is -4.71. The van der Waals surface area contributed by atoms with Crippen molar-refractivity contribution < 1.29 is 17.9 Å². The normalized spacial score (nSPS) is 11.2. The number of hydrogen-bond acceptors (Lipinski definition) is 3. The van der Waals surface area contributed by atoms with Crippen LogP contribution in [0.2, 0.25) is 0 Å². The molecule has 1 aromatic carbocycles. The number of alkyl halides is 3. The smallest absolute Gasteiger partial charge is 0.406 e. The lowest BCUT2D eigenvalue weighted by atomic mass is 10.3. The molecule has 0 bridgehead atoms. The fourth-order valence-corrected chi connectivity index (χ4v) is 2.40. The Labute approximate surface area is 148 Å². The Morgan fingerprint density at radius 1 is 1.20 bits per heavy atom. The van der Waals surface area contributed by atoms with Gasteiger partial charge in [0.1, 0.15) is 11.6 Å². The van der Waals surface area contributed by atoms with E-state index in [9.17, 15) is 13.2 Å². The maximum absolute atomic E-state index is 12.3. The summed E-state index contributed by atoms with van der Waals surface area (Å²) < 4.78 is 44.5. The molecule has 0 amide bonds. The zero-order chi connectivity index (χ0) is 17.2. The molecule has 0 aliphatic rings. The summed E-state index contributed by atoms with van der Waals surface area (Å²) in [4.78, 5) is 8.55. The Morgan fingerprint density at radius 2 is 2.00 bits per heavy atom. The van der Waals surface area contributed by atoms with Crippen LogP contribution in [-0.4, -0.2) is 25.5 Å². The second kappa shape index (κ2) is 7.60. The summed E-state index contributed by atoms with van der Waals surface area (Å²) >= 11 is 0. The average molecular weight is 373 g/mol. The van der Waals surface area contributed by atoms with Crippen molar-refractivity contribution in [3.05, 3.63) is 60.7 Å². The highest BCUT2D eigenvalue weighted by molar-refractivity contribution is 5.85. The summed E-state index contributed by atoms with van der Waals surface area (Å²) in [5, 5.41) is 0. The molecular formula is C16H16ClF3N4O. The van der Waals surface area contributed by atoms with Crippen molar-refractivity contribution in [3.63, 3.8) is 0 Å². The number of aromatic nitrogens is 4. The van der Waals surface area contributed by atoms with Crippen molar-refractivity contribution in [1.82, 2.24) is 19.1 Å². The van der Waals surface area contributed by atoms with Gasteiger partial charge < -0.3 is 13.9 Å². The first kappa shape index (κ1) is 18.9. The van der Waals surface area contributed by atoms with Gasteiger partial charge in [0.05, 0.1) is 24.3 Å². The summed E-state index contributed by atoms with van der Waals surface area (Å²) in [7, 11) is 0. The van der Waals surface area contributed by atoms with Crippen LogP contribution in [0.25, 0.3) is 5.69 Å². The monoisotopic (exact) mass is 372 g/mol. The Bertz CT molecular complexity index is 829. The maximum atomic E-state index is 12.3. The fourth-order valence-electron chi connectivity index (χ4n) is 2.40. The number of benzene rings is 1. The molecule has 0 aliphatic carbocycles. The Hall–Kier alpha value is -2.48. The van der Waals surface area contributed by atoms with E-state index in [4.69, 9.17) is 0 Å². The Kier molecular flexibility index (Phi) is 5.73. The zero-order valence-electron chi connectivity index (χ0n) is 13.3. The SMILES string of the molecule is CCc1nccn1Cc1cn(-c2cccc(OC(F)(F)F)c2)cn1.Cl. The highest BCUT2D eigenvalue weighted by atomic mass is 35.5. The van der Waals surface area contributed by atoms with E-state index < -0.39 is 6.36 Å². The average Bonchev–Trinajstić information content (AvgIpc) is 3.15. The summed E-state index contributed by atoms with van der Waals surface area (Å²) in [6.45, 7) is 2.57. The fraction of sp³-hybridized carbons (Fsp3) is 0.250. The van der Waals surface area contributed by atoms with Gasteiger partial charge in [-0.15, -0.1) is 25.6 Å². The first-order valence-electron chi connectivity index (χ1n) is 7.33. The van der Waals surface area contributed by atoms with E-state index >= 15 is 0 Å². The van der Waals surface area contributed by atoms with Crippen LogP contribution >= 0.6 is 12.4 Å². The quantitative estimate of drug-likeness (QED) is 0.680. The summed E-state index contributed by atoms with van der Waals surface area (Å²) in [5.41, 5.74) is 1.32. The molecule has 0 saturated carbocycles. The predicted octanol–water partition coefficient (Wildman–Crippen LogP) is 4.00. The minimum Gasteiger partial charge on any atom is -0.406 e. The Morgan fingerprint density at radius 3 is 2.72 bits per heavy atom. The van der Waals surface area contributed by atoms with Crippen LogP contribution in [0.4, 0.5) is 13.2 Å². The van der Waals surface area contributed by atoms with Gasteiger partial charge in [0.25, 0.3) is 0 Å². The van der Waals surface area contributed by atoms with Crippen LogP contribution in [0.15, 0.2) is 49.2 Å². The van der Waals surface area contributed by atoms with Gasteiger partial charge in [-0.05, 0) is 12.1 Å². The molecule has 9 heteroatoms. The molecule has 0 aliphatic heterocycles. The van der Waals surface area contributed by atoms with E-state index in [0.717, 1.165) is 17.9 Å². The predicted molar refractivity (Wildman–Crippen MR) is 88.2 cm³/mol. The second-order valence-electron chi connectivity index (χ2n) is 5.14. The molecule has 3 rings (SSSR count). The van der Waals surface area contributed by atoms with Crippen molar-refractivity contribution in [3.8, 4) is 11.4 Å². The summed E-state index contributed by atoms with van der Waals surface area (Å²) in [6.07, 6.45) is 3.03. The number of ether oxygens (including phenoxy) is 1. The highest BCUT2D eigenvalue weighted by Crippen LogP contribution is 2.24.